The van der Waals surface area contributed by atoms with Crippen LogP contribution in [0.15, 0.2) is 60.8 Å². The largest absolute Gasteiger partial charge is 0.497 e. The van der Waals surface area contributed by atoms with E-state index in [1.165, 1.54) is 0 Å². The maximum absolute atomic E-state index is 12.3. The normalized spacial score (nSPS) is 11.1. The van der Waals surface area contributed by atoms with Crippen molar-refractivity contribution in [1.82, 2.24) is 4.98 Å². The molecule has 0 fully saturated rings. The summed E-state index contributed by atoms with van der Waals surface area (Å²) in [6.45, 7) is 0. The van der Waals surface area contributed by atoms with E-state index in [9.17, 15) is 4.79 Å². The third kappa shape index (κ3) is 2.72. The summed E-state index contributed by atoms with van der Waals surface area (Å²) in [4.78, 5) is 15.4. The number of benzene rings is 2. The van der Waals surface area contributed by atoms with Crippen molar-refractivity contribution >= 4 is 22.8 Å². The zero-order valence-electron chi connectivity index (χ0n) is 11.7. The summed E-state index contributed by atoms with van der Waals surface area (Å²) < 4.78 is 5.17. The summed E-state index contributed by atoms with van der Waals surface area (Å²) >= 11 is 0. The lowest BCUT2D eigenvalue weighted by Gasteiger charge is -1.99. The van der Waals surface area contributed by atoms with Crippen LogP contribution in [0.5, 0.6) is 5.75 Å². The molecule has 21 heavy (non-hydrogen) atoms. The zero-order valence-corrected chi connectivity index (χ0v) is 11.7. The van der Waals surface area contributed by atoms with Crippen LogP contribution in [0.1, 0.15) is 15.9 Å². The standard InChI is InChI=1S/C18H15NO2/c1-21-14-6-4-5-13(11-14)9-10-18(20)16-12-19-17-8-3-2-7-15(16)17/h2-12,19H,1H3/b10-9+. The van der Waals surface area contributed by atoms with Crippen LogP contribution >= 0.6 is 0 Å². The van der Waals surface area contributed by atoms with Gasteiger partial charge in [0.15, 0.2) is 5.78 Å². The van der Waals surface area contributed by atoms with Crippen molar-refractivity contribution in [1.29, 1.82) is 0 Å². The Morgan fingerprint density at radius 2 is 2.00 bits per heavy atom. The number of rotatable bonds is 4. The second kappa shape index (κ2) is 5.67. The minimum Gasteiger partial charge on any atom is -0.497 e. The highest BCUT2D eigenvalue weighted by Gasteiger charge is 2.08. The third-order valence-corrected chi connectivity index (χ3v) is 3.38. The van der Waals surface area contributed by atoms with Gasteiger partial charge >= 0.3 is 0 Å². The van der Waals surface area contributed by atoms with Crippen molar-refractivity contribution in [2.45, 2.75) is 0 Å². The Morgan fingerprint density at radius 1 is 1.14 bits per heavy atom. The molecule has 1 heterocycles. The molecule has 0 saturated heterocycles. The topological polar surface area (TPSA) is 42.1 Å². The van der Waals surface area contributed by atoms with E-state index in [0.717, 1.165) is 22.2 Å². The fraction of sp³-hybridized carbons (Fsp3) is 0.0556. The van der Waals surface area contributed by atoms with E-state index in [4.69, 9.17) is 4.74 Å². The minimum atomic E-state index is -0.0183. The summed E-state index contributed by atoms with van der Waals surface area (Å²) in [5, 5.41) is 0.942. The van der Waals surface area contributed by atoms with Gasteiger partial charge in [0.1, 0.15) is 5.75 Å². The van der Waals surface area contributed by atoms with Gasteiger partial charge in [0.05, 0.1) is 7.11 Å². The van der Waals surface area contributed by atoms with Gasteiger partial charge in [-0.1, -0.05) is 36.4 Å². The predicted octanol–water partition coefficient (Wildman–Crippen LogP) is 4.07. The Hall–Kier alpha value is -2.81. The molecule has 0 aliphatic heterocycles. The van der Waals surface area contributed by atoms with Crippen LogP contribution < -0.4 is 4.74 Å². The molecule has 3 heteroatoms. The maximum Gasteiger partial charge on any atom is 0.187 e. The molecule has 1 N–H and O–H groups in total. The highest BCUT2D eigenvalue weighted by atomic mass is 16.5. The van der Waals surface area contributed by atoms with Gasteiger partial charge < -0.3 is 9.72 Å². The van der Waals surface area contributed by atoms with Crippen LogP contribution in [-0.2, 0) is 0 Å². The molecule has 3 rings (SSSR count). The van der Waals surface area contributed by atoms with E-state index < -0.39 is 0 Å². The number of allylic oxidation sites excluding steroid dienone is 1. The fourth-order valence-electron chi connectivity index (χ4n) is 2.28. The molecule has 0 saturated carbocycles. The monoisotopic (exact) mass is 277 g/mol. The lowest BCUT2D eigenvalue weighted by atomic mass is 10.1. The van der Waals surface area contributed by atoms with Crippen LogP contribution in [-0.4, -0.2) is 17.9 Å². The van der Waals surface area contributed by atoms with Crippen molar-refractivity contribution in [3.05, 3.63) is 71.9 Å². The number of fused-ring (bicyclic) bond motifs is 1. The van der Waals surface area contributed by atoms with E-state index in [1.54, 1.807) is 25.5 Å². The number of carbonyl (C=O) groups is 1. The van der Waals surface area contributed by atoms with Gasteiger partial charge in [-0.3, -0.25) is 4.79 Å². The smallest absolute Gasteiger partial charge is 0.187 e. The van der Waals surface area contributed by atoms with Crippen LogP contribution in [0.3, 0.4) is 0 Å². The molecule has 0 unspecified atom stereocenters. The van der Waals surface area contributed by atoms with Gasteiger partial charge in [-0.05, 0) is 29.8 Å². The van der Waals surface area contributed by atoms with Crippen molar-refractivity contribution < 1.29 is 9.53 Å². The molecule has 0 radical (unpaired) electrons. The van der Waals surface area contributed by atoms with Crippen molar-refractivity contribution in [2.75, 3.05) is 7.11 Å². The van der Waals surface area contributed by atoms with E-state index in [-0.39, 0.29) is 5.78 Å². The SMILES string of the molecule is COc1cccc(/C=C/C(=O)c2c[nH]c3ccccc23)c1. The number of hydrogen-bond acceptors (Lipinski definition) is 2. The van der Waals surface area contributed by atoms with Crippen LogP contribution in [0, 0.1) is 0 Å². The van der Waals surface area contributed by atoms with Gasteiger partial charge in [0, 0.05) is 22.7 Å². The van der Waals surface area contributed by atoms with Gasteiger partial charge in [-0.15, -0.1) is 0 Å². The number of aromatic amines is 1. The fourth-order valence-corrected chi connectivity index (χ4v) is 2.28. The number of ether oxygens (including phenoxy) is 1. The number of aromatic nitrogens is 1. The van der Waals surface area contributed by atoms with Crippen LogP contribution in [0.25, 0.3) is 17.0 Å². The summed E-state index contributed by atoms with van der Waals surface area (Å²) in [6, 6.07) is 15.4. The van der Waals surface area contributed by atoms with Gasteiger partial charge in [0.2, 0.25) is 0 Å². The lowest BCUT2D eigenvalue weighted by molar-refractivity contribution is 0.104. The summed E-state index contributed by atoms with van der Waals surface area (Å²) in [6.07, 6.45) is 5.14. The quantitative estimate of drug-likeness (QED) is 0.577. The minimum absolute atomic E-state index is 0.0183. The Labute approximate surface area is 122 Å². The van der Waals surface area contributed by atoms with E-state index >= 15 is 0 Å². The molecule has 0 spiro atoms. The molecule has 3 nitrogen and oxygen atoms in total. The first-order valence-corrected chi connectivity index (χ1v) is 6.70. The van der Waals surface area contributed by atoms with Gasteiger partial charge in [-0.25, -0.2) is 0 Å². The first kappa shape index (κ1) is 13.2. The summed E-state index contributed by atoms with van der Waals surface area (Å²) in [7, 11) is 1.62. The maximum atomic E-state index is 12.3. The molecule has 0 aliphatic carbocycles. The predicted molar refractivity (Wildman–Crippen MR) is 84.7 cm³/mol. The molecule has 0 bridgehead atoms. The second-order valence-electron chi connectivity index (χ2n) is 4.72. The molecule has 3 aromatic rings. The Balaban J connectivity index is 1.87. The van der Waals surface area contributed by atoms with Crippen LogP contribution in [0.4, 0.5) is 0 Å². The number of methoxy groups -OCH3 is 1. The molecule has 0 aliphatic rings. The van der Waals surface area contributed by atoms with E-state index in [1.807, 2.05) is 48.5 Å². The first-order chi connectivity index (χ1) is 10.3. The molecule has 0 amide bonds. The Bertz CT molecular complexity index is 815. The number of nitrogens with one attached hydrogen (secondary N) is 1. The average Bonchev–Trinajstić information content (AvgIpc) is 2.97. The van der Waals surface area contributed by atoms with Crippen molar-refractivity contribution in [3.8, 4) is 5.75 Å². The van der Waals surface area contributed by atoms with Gasteiger partial charge in [-0.2, -0.15) is 0 Å². The second-order valence-corrected chi connectivity index (χ2v) is 4.72. The van der Waals surface area contributed by atoms with Gasteiger partial charge in [0.25, 0.3) is 0 Å². The third-order valence-electron chi connectivity index (χ3n) is 3.38. The Morgan fingerprint density at radius 3 is 2.86 bits per heavy atom. The van der Waals surface area contributed by atoms with Crippen molar-refractivity contribution in [3.63, 3.8) is 0 Å². The zero-order chi connectivity index (χ0) is 14.7. The lowest BCUT2D eigenvalue weighted by Crippen LogP contribution is -1.92. The summed E-state index contributed by atoms with van der Waals surface area (Å²) in [5.74, 6) is 0.756. The van der Waals surface area contributed by atoms with E-state index in [2.05, 4.69) is 4.98 Å². The van der Waals surface area contributed by atoms with E-state index in [0.29, 0.717) is 5.56 Å². The molecule has 0 atom stereocenters. The molecule has 1 aromatic heterocycles. The number of carbonyl (C=O) groups excluding carboxylic acids is 1. The molecule has 104 valence electrons. The number of para-hydroxylation sites is 1. The number of H-pyrrole nitrogens is 1. The summed E-state index contributed by atoms with van der Waals surface area (Å²) in [5.41, 5.74) is 2.59. The average molecular weight is 277 g/mol. The van der Waals surface area contributed by atoms with Crippen LogP contribution in [0.2, 0.25) is 0 Å². The highest BCUT2D eigenvalue weighted by Crippen LogP contribution is 2.19. The van der Waals surface area contributed by atoms with Crippen molar-refractivity contribution in [2.24, 2.45) is 0 Å². The number of ketones is 1. The molecular formula is C18H15NO2. The number of hydrogen-bond donors (Lipinski definition) is 1. The first-order valence-electron chi connectivity index (χ1n) is 6.70. The highest BCUT2D eigenvalue weighted by molar-refractivity contribution is 6.14. The molecular weight excluding hydrogens is 262 g/mol. The molecule has 2 aromatic carbocycles. The Kier molecular flexibility index (Phi) is 3.56.